The number of Topliss-reactive ketones (excluding diaryl/α,β-unsaturated/α-hetero) is 1. The van der Waals surface area contributed by atoms with E-state index in [2.05, 4.69) is 15.5 Å². The Hall–Kier alpha value is -3.99. The molecule has 1 saturated heterocycles. The van der Waals surface area contributed by atoms with Crippen LogP contribution < -0.4 is 11.1 Å². The number of ether oxygens (including phenoxy) is 2. The van der Waals surface area contributed by atoms with Gasteiger partial charge in [-0.3, -0.25) is 24.1 Å². The number of aliphatic carboxylic acids is 1. The first-order chi connectivity index (χ1) is 19.1. The Bertz CT molecular complexity index is 1330. The highest BCUT2D eigenvalue weighted by Gasteiger charge is 2.54. The summed E-state index contributed by atoms with van der Waals surface area (Å²) in [6.07, 6.45) is -1.65. The average molecular weight is 612 g/mol. The first-order valence-corrected chi connectivity index (χ1v) is 14.1. The van der Waals surface area contributed by atoms with Gasteiger partial charge in [0.25, 0.3) is 11.8 Å². The number of hydrogen-bond acceptors (Lipinski definition) is 14. The number of fused-ring (bicyclic) bond motifs is 1. The largest absolute Gasteiger partial charge is 0.477 e. The summed E-state index contributed by atoms with van der Waals surface area (Å²) in [5, 5.41) is 16.9. The number of esters is 2. The molecule has 2 aliphatic rings. The Kier molecular flexibility index (Phi) is 9.75. The number of thioether (sulfide) groups is 1. The molecule has 3 heterocycles. The highest BCUT2D eigenvalue weighted by molar-refractivity contribution is 8.00. The summed E-state index contributed by atoms with van der Waals surface area (Å²) >= 11 is 2.17. The molecule has 17 heteroatoms. The summed E-state index contributed by atoms with van der Waals surface area (Å²) in [6.45, 7) is 7.21. The Morgan fingerprint density at radius 2 is 1.98 bits per heavy atom. The van der Waals surface area contributed by atoms with E-state index in [4.69, 9.17) is 20.0 Å². The number of carbonyl (C=O) groups is 6. The van der Waals surface area contributed by atoms with Gasteiger partial charge >= 0.3 is 17.9 Å². The quantitative estimate of drug-likeness (QED) is 0.102. The number of β-lactam (4-membered cyclic amide) rings is 1. The van der Waals surface area contributed by atoms with Crippen LogP contribution in [-0.4, -0.2) is 91.7 Å². The molecule has 3 rings (SSSR count). The fourth-order valence-corrected chi connectivity index (χ4v) is 5.46. The fraction of sp³-hybridized carbons (Fsp3) is 0.500. The standard InChI is InChI=1S/C24H29N5O10S2/c1-10(30)6-14(31)37-7-12-8-40-20-16(19(33)29(20)17(12)21(34)35)27-18(32)15(13-9-41-23(25)26-13)28-39-11(2)22(36)38-24(3,4)5/h9,11,16,20H,6-8H2,1-5H3,(H2,25,26)(H,27,32)(H,34,35)/t11?,16-,20+/m1/s1. The molecule has 1 aromatic heterocycles. The van der Waals surface area contributed by atoms with E-state index in [1.165, 1.54) is 19.2 Å². The van der Waals surface area contributed by atoms with E-state index in [1.54, 1.807) is 20.8 Å². The second-order valence-corrected chi connectivity index (χ2v) is 11.9. The van der Waals surface area contributed by atoms with Gasteiger partial charge in [0, 0.05) is 16.7 Å². The number of amides is 2. The minimum absolute atomic E-state index is 0.0297. The third-order valence-corrected chi connectivity index (χ3v) is 7.37. The summed E-state index contributed by atoms with van der Waals surface area (Å²) in [6, 6.07) is -1.13. The van der Waals surface area contributed by atoms with Crippen molar-refractivity contribution in [1.82, 2.24) is 15.2 Å². The first kappa shape index (κ1) is 31.5. The van der Waals surface area contributed by atoms with Crippen molar-refractivity contribution in [2.75, 3.05) is 18.1 Å². The maximum Gasteiger partial charge on any atom is 0.352 e. The molecule has 41 heavy (non-hydrogen) atoms. The lowest BCUT2D eigenvalue weighted by Gasteiger charge is -2.49. The number of rotatable bonds is 11. The third kappa shape index (κ3) is 7.81. The number of hydrogen-bond donors (Lipinski definition) is 3. The van der Waals surface area contributed by atoms with Gasteiger partial charge in [-0.2, -0.15) is 0 Å². The minimum atomic E-state index is -1.42. The molecule has 2 aliphatic heterocycles. The second kappa shape index (κ2) is 12.7. The molecule has 0 spiro atoms. The van der Waals surface area contributed by atoms with Crippen LogP contribution in [0.15, 0.2) is 21.8 Å². The van der Waals surface area contributed by atoms with Crippen molar-refractivity contribution in [3.8, 4) is 0 Å². The number of aromatic nitrogens is 1. The summed E-state index contributed by atoms with van der Waals surface area (Å²) in [7, 11) is 0. The molecule has 0 aliphatic carbocycles. The molecule has 0 aromatic carbocycles. The van der Waals surface area contributed by atoms with Crippen molar-refractivity contribution in [3.05, 3.63) is 22.3 Å². The number of nitrogens with one attached hydrogen (secondary N) is 1. The molecule has 222 valence electrons. The minimum Gasteiger partial charge on any atom is -0.477 e. The smallest absolute Gasteiger partial charge is 0.352 e. The number of carboxylic acid groups (broad SMARTS) is 1. The van der Waals surface area contributed by atoms with Gasteiger partial charge < -0.3 is 30.5 Å². The van der Waals surface area contributed by atoms with Crippen molar-refractivity contribution in [3.63, 3.8) is 0 Å². The van der Waals surface area contributed by atoms with E-state index in [0.717, 1.165) is 28.0 Å². The highest BCUT2D eigenvalue weighted by Crippen LogP contribution is 2.40. The van der Waals surface area contributed by atoms with Crippen molar-refractivity contribution < 1.29 is 48.2 Å². The maximum atomic E-state index is 13.2. The van der Waals surface area contributed by atoms with Crippen LogP contribution in [0, 0.1) is 0 Å². The van der Waals surface area contributed by atoms with E-state index in [9.17, 15) is 33.9 Å². The first-order valence-electron chi connectivity index (χ1n) is 12.1. The highest BCUT2D eigenvalue weighted by atomic mass is 32.2. The number of nitrogens with zero attached hydrogens (tertiary/aromatic N) is 3. The monoisotopic (exact) mass is 611 g/mol. The predicted molar refractivity (Wildman–Crippen MR) is 145 cm³/mol. The van der Waals surface area contributed by atoms with Crippen LogP contribution in [0.2, 0.25) is 0 Å². The normalized spacial score (nSPS) is 19.5. The molecule has 0 saturated carbocycles. The van der Waals surface area contributed by atoms with Crippen molar-refractivity contribution in [2.45, 2.75) is 64.2 Å². The zero-order valence-electron chi connectivity index (χ0n) is 22.8. The topological polar surface area (TPSA) is 217 Å². The van der Waals surface area contributed by atoms with Crippen LogP contribution in [-0.2, 0) is 43.1 Å². The molecular weight excluding hydrogens is 582 g/mol. The van der Waals surface area contributed by atoms with Crippen molar-refractivity contribution in [1.29, 1.82) is 0 Å². The Morgan fingerprint density at radius 1 is 1.29 bits per heavy atom. The molecule has 0 bridgehead atoms. The molecule has 1 aromatic rings. The predicted octanol–water partition coefficient (Wildman–Crippen LogP) is 0.437. The van der Waals surface area contributed by atoms with Crippen LogP contribution in [0.25, 0.3) is 0 Å². The Balaban J connectivity index is 1.76. The van der Waals surface area contributed by atoms with Crippen molar-refractivity contribution in [2.24, 2.45) is 5.16 Å². The number of nitrogens with two attached hydrogens (primary N) is 1. The van der Waals surface area contributed by atoms with Gasteiger partial charge in [0.05, 0.1) is 0 Å². The maximum absolute atomic E-state index is 13.2. The van der Waals surface area contributed by atoms with Crippen LogP contribution in [0.4, 0.5) is 5.13 Å². The fourth-order valence-electron chi connectivity index (χ4n) is 3.59. The molecule has 1 fully saturated rings. The van der Waals surface area contributed by atoms with E-state index in [-0.39, 0.29) is 33.6 Å². The summed E-state index contributed by atoms with van der Waals surface area (Å²) < 4.78 is 10.2. The third-order valence-electron chi connectivity index (χ3n) is 5.36. The molecule has 1 unspecified atom stereocenters. The SMILES string of the molecule is CC(=O)CC(=O)OCC1=C(C(=O)O)N2C(=O)[C@@H](NC(=O)C(=NOC(C)C(=O)OC(C)(C)C)c3csc(N)n3)[C@@H]2SC1. The summed E-state index contributed by atoms with van der Waals surface area (Å²) in [5.74, 6) is -4.90. The lowest BCUT2D eigenvalue weighted by Crippen LogP contribution is -2.71. The Labute approximate surface area is 242 Å². The van der Waals surface area contributed by atoms with E-state index >= 15 is 0 Å². The van der Waals surface area contributed by atoms with Gasteiger partial charge in [0.2, 0.25) is 6.10 Å². The number of carboxylic acids is 1. The molecule has 3 atom stereocenters. The van der Waals surface area contributed by atoms with Crippen LogP contribution in [0.3, 0.4) is 0 Å². The number of anilines is 1. The van der Waals surface area contributed by atoms with Gasteiger partial charge in [0.1, 0.15) is 47.2 Å². The summed E-state index contributed by atoms with van der Waals surface area (Å²) in [5.41, 5.74) is 4.37. The zero-order chi connectivity index (χ0) is 30.6. The van der Waals surface area contributed by atoms with Crippen molar-refractivity contribution >= 4 is 69.4 Å². The van der Waals surface area contributed by atoms with Gasteiger partial charge in [-0.25, -0.2) is 14.6 Å². The molecular formula is C24H29N5O10S2. The zero-order valence-corrected chi connectivity index (χ0v) is 24.4. The molecule has 15 nitrogen and oxygen atoms in total. The van der Waals surface area contributed by atoms with Crippen LogP contribution in [0.5, 0.6) is 0 Å². The van der Waals surface area contributed by atoms with E-state index in [0.29, 0.717) is 0 Å². The van der Waals surface area contributed by atoms with Crippen LogP contribution in [0.1, 0.15) is 46.7 Å². The van der Waals surface area contributed by atoms with E-state index < -0.39 is 71.7 Å². The average Bonchev–Trinajstić information content (AvgIpc) is 3.29. The number of carbonyl (C=O) groups excluding carboxylic acids is 5. The lowest BCUT2D eigenvalue weighted by atomic mass is 10.0. The van der Waals surface area contributed by atoms with Gasteiger partial charge in [-0.1, -0.05) is 5.16 Å². The number of oxime groups is 1. The van der Waals surface area contributed by atoms with Gasteiger partial charge in [-0.15, -0.1) is 23.1 Å². The lowest BCUT2D eigenvalue weighted by molar-refractivity contribution is -0.167. The number of ketones is 1. The molecule has 2 amide bonds. The molecule has 0 radical (unpaired) electrons. The summed E-state index contributed by atoms with van der Waals surface area (Å²) in [4.78, 5) is 83.6. The van der Waals surface area contributed by atoms with Gasteiger partial charge in [-0.05, 0) is 34.6 Å². The van der Waals surface area contributed by atoms with Gasteiger partial charge in [0.15, 0.2) is 10.8 Å². The number of nitrogen functional groups attached to an aromatic ring is 1. The van der Waals surface area contributed by atoms with E-state index in [1.807, 2.05) is 0 Å². The molecule has 4 N–H and O–H groups in total. The number of thiazole rings is 1. The van der Waals surface area contributed by atoms with Crippen LogP contribution >= 0.6 is 23.1 Å². The Morgan fingerprint density at radius 3 is 2.54 bits per heavy atom. The second-order valence-electron chi connectivity index (χ2n) is 9.95.